The van der Waals surface area contributed by atoms with Crippen molar-refractivity contribution in [2.45, 2.75) is 44.4 Å². The number of carbonyl (C=O) groups is 2. The zero-order valence-corrected chi connectivity index (χ0v) is 19.0. The van der Waals surface area contributed by atoms with Crippen LogP contribution in [0, 0.1) is 0 Å². The number of esters is 1. The lowest BCUT2D eigenvalue weighted by Crippen LogP contribution is -2.72. The van der Waals surface area contributed by atoms with Gasteiger partial charge >= 0.3 is 12.1 Å². The van der Waals surface area contributed by atoms with Crippen LogP contribution < -0.4 is 10.6 Å². The zero-order valence-electron chi connectivity index (χ0n) is 19.0. The molecule has 180 valence electrons. The standard InChI is InChI=1S/C22H32F3N3O4/c1-20(2,3)17-8-6-16(7-9-17)18(29)27-21(19(30)31-4,22(23,24)25)26-10-5-11-28-12-14-32-15-13-28/h6-9,26H,5,10-15H2,1-4H3,(H,27,29)/t21-/m1/s1. The minimum absolute atomic E-state index is 0.00523. The molecule has 1 heterocycles. The Morgan fingerprint density at radius 2 is 1.69 bits per heavy atom. The van der Waals surface area contributed by atoms with Crippen molar-refractivity contribution >= 4 is 11.9 Å². The fourth-order valence-corrected chi connectivity index (χ4v) is 3.37. The topological polar surface area (TPSA) is 79.9 Å². The van der Waals surface area contributed by atoms with Crippen molar-refractivity contribution in [2.75, 3.05) is 46.5 Å². The Morgan fingerprint density at radius 3 is 2.19 bits per heavy atom. The van der Waals surface area contributed by atoms with Gasteiger partial charge in [0, 0.05) is 18.7 Å². The normalized spacial score (nSPS) is 17.5. The summed E-state index contributed by atoms with van der Waals surface area (Å²) in [4.78, 5) is 27.0. The second-order valence-electron chi connectivity index (χ2n) is 8.76. The van der Waals surface area contributed by atoms with E-state index in [-0.39, 0.29) is 17.5 Å². The van der Waals surface area contributed by atoms with Crippen LogP contribution in [0.15, 0.2) is 24.3 Å². The number of nitrogens with one attached hydrogen (secondary N) is 2. The molecule has 0 unspecified atom stereocenters. The van der Waals surface area contributed by atoms with Gasteiger partial charge in [0.15, 0.2) is 0 Å². The van der Waals surface area contributed by atoms with Crippen LogP contribution in [-0.4, -0.2) is 75.1 Å². The van der Waals surface area contributed by atoms with E-state index in [1.165, 1.54) is 12.1 Å². The molecule has 0 bridgehead atoms. The number of benzene rings is 1. The molecule has 1 aromatic carbocycles. The van der Waals surface area contributed by atoms with Gasteiger partial charge in [0.25, 0.3) is 11.6 Å². The maximum Gasteiger partial charge on any atom is 0.436 e. The van der Waals surface area contributed by atoms with Gasteiger partial charge in [0.05, 0.1) is 20.3 Å². The molecule has 1 aliphatic heterocycles. The molecular formula is C22H32F3N3O4. The van der Waals surface area contributed by atoms with E-state index in [1.54, 1.807) is 12.1 Å². The highest BCUT2D eigenvalue weighted by Crippen LogP contribution is 2.30. The van der Waals surface area contributed by atoms with Crippen molar-refractivity contribution in [3.8, 4) is 0 Å². The van der Waals surface area contributed by atoms with Crippen LogP contribution in [0.25, 0.3) is 0 Å². The highest BCUT2D eigenvalue weighted by atomic mass is 19.4. The van der Waals surface area contributed by atoms with E-state index >= 15 is 0 Å². The first-order chi connectivity index (χ1) is 14.9. The maximum absolute atomic E-state index is 14.1. The van der Waals surface area contributed by atoms with Gasteiger partial charge in [-0.1, -0.05) is 32.9 Å². The third-order valence-electron chi connectivity index (χ3n) is 5.38. The smallest absolute Gasteiger partial charge is 0.436 e. The van der Waals surface area contributed by atoms with Crippen molar-refractivity contribution in [1.29, 1.82) is 0 Å². The summed E-state index contributed by atoms with van der Waals surface area (Å²) in [6.07, 6.45) is -4.79. The van der Waals surface area contributed by atoms with Gasteiger partial charge in [0.1, 0.15) is 0 Å². The van der Waals surface area contributed by atoms with Crippen molar-refractivity contribution in [1.82, 2.24) is 15.5 Å². The number of rotatable bonds is 8. The Labute approximate surface area is 186 Å². The lowest BCUT2D eigenvalue weighted by Gasteiger charge is -2.35. The molecule has 2 rings (SSSR count). The van der Waals surface area contributed by atoms with E-state index in [1.807, 2.05) is 26.1 Å². The summed E-state index contributed by atoms with van der Waals surface area (Å²) in [6.45, 7) is 8.87. The van der Waals surface area contributed by atoms with Crippen LogP contribution in [0.1, 0.15) is 43.1 Å². The largest absolute Gasteiger partial charge is 0.466 e. The van der Waals surface area contributed by atoms with Crippen molar-refractivity contribution in [3.05, 3.63) is 35.4 Å². The summed E-state index contributed by atoms with van der Waals surface area (Å²) < 4.78 is 51.9. The molecule has 1 aromatic rings. The summed E-state index contributed by atoms with van der Waals surface area (Å²) in [7, 11) is 0.850. The number of nitrogens with zero attached hydrogens (tertiary/aromatic N) is 1. The summed E-state index contributed by atoms with van der Waals surface area (Å²) in [5.74, 6) is -2.66. The van der Waals surface area contributed by atoms with Crippen LogP contribution in [0.2, 0.25) is 0 Å². The molecule has 0 spiro atoms. The third-order valence-corrected chi connectivity index (χ3v) is 5.38. The van der Waals surface area contributed by atoms with Gasteiger partial charge in [-0.2, -0.15) is 13.2 Å². The fourth-order valence-electron chi connectivity index (χ4n) is 3.37. The Hall–Kier alpha value is -2.17. The molecule has 0 aromatic heterocycles. The second kappa shape index (κ2) is 10.6. The molecule has 0 aliphatic carbocycles. The zero-order chi connectivity index (χ0) is 24.0. The van der Waals surface area contributed by atoms with Crippen LogP contribution in [0.3, 0.4) is 0 Å². The highest BCUT2D eigenvalue weighted by Gasteiger charge is 2.62. The first kappa shape index (κ1) is 26.1. The predicted octanol–water partition coefficient (Wildman–Crippen LogP) is 2.46. The summed E-state index contributed by atoms with van der Waals surface area (Å²) in [6, 6.07) is 6.23. The molecular weight excluding hydrogens is 427 g/mol. The van der Waals surface area contributed by atoms with Crippen LogP contribution in [0.5, 0.6) is 0 Å². The molecule has 2 N–H and O–H groups in total. The third kappa shape index (κ3) is 6.43. The first-order valence-corrected chi connectivity index (χ1v) is 10.5. The Morgan fingerprint density at radius 1 is 1.09 bits per heavy atom. The molecule has 1 amide bonds. The van der Waals surface area contributed by atoms with Crippen LogP contribution in [0.4, 0.5) is 13.2 Å². The van der Waals surface area contributed by atoms with E-state index in [0.717, 1.165) is 12.7 Å². The van der Waals surface area contributed by atoms with Gasteiger partial charge in [0.2, 0.25) is 0 Å². The van der Waals surface area contributed by atoms with E-state index < -0.39 is 23.7 Å². The second-order valence-corrected chi connectivity index (χ2v) is 8.76. The number of methoxy groups -OCH3 is 1. The van der Waals surface area contributed by atoms with Crippen molar-refractivity contribution in [2.24, 2.45) is 0 Å². The quantitative estimate of drug-likeness (QED) is 0.353. The fraction of sp³-hybridized carbons (Fsp3) is 0.636. The molecule has 1 aliphatic rings. The van der Waals surface area contributed by atoms with Crippen molar-refractivity contribution < 1.29 is 32.2 Å². The highest BCUT2D eigenvalue weighted by molar-refractivity contribution is 5.98. The van der Waals surface area contributed by atoms with E-state index in [0.29, 0.717) is 39.3 Å². The number of ether oxygens (including phenoxy) is 2. The van der Waals surface area contributed by atoms with Gasteiger partial charge < -0.3 is 14.8 Å². The SMILES string of the molecule is COC(=O)[C@@](NCCCN1CCOCC1)(NC(=O)c1ccc(C(C)(C)C)cc1)C(F)(F)F. The van der Waals surface area contributed by atoms with Gasteiger partial charge in [-0.25, -0.2) is 4.79 Å². The van der Waals surface area contributed by atoms with E-state index in [9.17, 15) is 22.8 Å². The van der Waals surface area contributed by atoms with Crippen LogP contribution >= 0.6 is 0 Å². The minimum atomic E-state index is -5.12. The van der Waals surface area contributed by atoms with Gasteiger partial charge in [-0.3, -0.25) is 15.0 Å². The Balaban J connectivity index is 2.16. The molecule has 0 radical (unpaired) electrons. The lowest BCUT2D eigenvalue weighted by atomic mass is 9.86. The number of carbonyl (C=O) groups excluding carboxylic acids is 2. The molecule has 32 heavy (non-hydrogen) atoms. The summed E-state index contributed by atoms with van der Waals surface area (Å²) >= 11 is 0. The Kier molecular flexibility index (Phi) is 8.67. The number of morpholine rings is 1. The molecule has 0 saturated carbocycles. The molecule has 1 atom stereocenters. The number of halogens is 3. The number of hydrogen-bond acceptors (Lipinski definition) is 6. The summed E-state index contributed by atoms with van der Waals surface area (Å²) in [5, 5.41) is 4.06. The van der Waals surface area contributed by atoms with Gasteiger partial charge in [-0.05, 0) is 42.6 Å². The molecule has 1 saturated heterocycles. The monoisotopic (exact) mass is 459 g/mol. The average Bonchev–Trinajstić information content (AvgIpc) is 2.74. The molecule has 10 heteroatoms. The average molecular weight is 460 g/mol. The lowest BCUT2D eigenvalue weighted by molar-refractivity contribution is -0.217. The number of alkyl halides is 3. The minimum Gasteiger partial charge on any atom is -0.466 e. The first-order valence-electron chi connectivity index (χ1n) is 10.5. The van der Waals surface area contributed by atoms with Crippen molar-refractivity contribution in [3.63, 3.8) is 0 Å². The van der Waals surface area contributed by atoms with E-state index in [4.69, 9.17) is 4.74 Å². The van der Waals surface area contributed by atoms with Crippen LogP contribution in [-0.2, 0) is 19.7 Å². The molecule has 1 fully saturated rings. The summed E-state index contributed by atoms with van der Waals surface area (Å²) in [5.41, 5.74) is -2.61. The van der Waals surface area contributed by atoms with Gasteiger partial charge in [-0.15, -0.1) is 0 Å². The Bertz CT molecular complexity index is 772. The maximum atomic E-state index is 14.1. The van der Waals surface area contributed by atoms with E-state index in [2.05, 4.69) is 15.0 Å². The predicted molar refractivity (Wildman–Crippen MR) is 113 cm³/mol. The number of hydrogen-bond donors (Lipinski definition) is 2. The number of amides is 1. The molecule has 7 nitrogen and oxygen atoms in total.